The number of phenolic OH excluding ortho intramolecular Hbond substituents is 1. The number of aryl methyl sites for hydroxylation is 1. The first kappa shape index (κ1) is 32.5. The van der Waals surface area contributed by atoms with Crippen molar-refractivity contribution in [2.75, 3.05) is 27.7 Å². The van der Waals surface area contributed by atoms with Crippen LogP contribution in [-0.2, 0) is 6.42 Å². The molecule has 220 valence electrons. The number of methoxy groups -OCH3 is 1. The molecular weight excluding hydrogens is 546 g/mol. The molecule has 0 bridgehead atoms. The van der Waals surface area contributed by atoms with E-state index in [1.54, 1.807) is 6.92 Å². The van der Waals surface area contributed by atoms with Crippen LogP contribution in [-0.4, -0.2) is 37.8 Å². The van der Waals surface area contributed by atoms with Gasteiger partial charge in [-0.2, -0.15) is 0 Å². The van der Waals surface area contributed by atoms with Gasteiger partial charge in [0.15, 0.2) is 5.43 Å². The van der Waals surface area contributed by atoms with Crippen LogP contribution < -0.4 is 10.2 Å². The van der Waals surface area contributed by atoms with Crippen molar-refractivity contribution in [1.82, 2.24) is 4.90 Å². The molecule has 5 nitrogen and oxygen atoms in total. The number of hydrogen-bond acceptors (Lipinski definition) is 5. The van der Waals surface area contributed by atoms with E-state index >= 15 is 0 Å². The van der Waals surface area contributed by atoms with Gasteiger partial charge in [-0.05, 0) is 75.5 Å². The average Bonchev–Trinajstić information content (AvgIpc) is 3.09. The van der Waals surface area contributed by atoms with Crippen LogP contribution in [0.4, 0.5) is 0 Å². The number of phenols is 1. The van der Waals surface area contributed by atoms with E-state index in [4.69, 9.17) is 9.15 Å². The largest absolute Gasteiger partial charge is 0.507 e. The summed E-state index contributed by atoms with van der Waals surface area (Å²) in [5.41, 5.74) is 8.68. The molecule has 0 spiro atoms. The van der Waals surface area contributed by atoms with Gasteiger partial charge in [0.25, 0.3) is 0 Å². The topological polar surface area (TPSA) is 62.9 Å². The van der Waals surface area contributed by atoms with E-state index in [0.29, 0.717) is 23.5 Å². The molecule has 1 aromatic heterocycles. The highest BCUT2D eigenvalue weighted by molar-refractivity contribution is 5.93. The third kappa shape index (κ3) is 7.61. The number of aromatic hydroxyl groups is 1. The molecule has 42 heavy (non-hydrogen) atoms. The van der Waals surface area contributed by atoms with Crippen LogP contribution in [0.2, 0.25) is 0 Å². The second-order valence-electron chi connectivity index (χ2n) is 10.7. The highest BCUT2D eigenvalue weighted by Gasteiger charge is 2.17. The Balaban J connectivity index is 0.000000225. The molecule has 1 heterocycles. The lowest BCUT2D eigenvalue weighted by Gasteiger charge is -2.13. The van der Waals surface area contributed by atoms with E-state index in [1.807, 2.05) is 19.9 Å². The zero-order chi connectivity index (χ0) is 29.5. The average molecular weight is 586 g/mol. The number of allylic oxidation sites excluding steroid dienone is 2. The summed E-state index contributed by atoms with van der Waals surface area (Å²) >= 11 is 0. The molecule has 0 atom stereocenters. The molecule has 4 aromatic rings. The quantitative estimate of drug-likeness (QED) is 0.203. The molecule has 1 aliphatic carbocycles. The minimum Gasteiger partial charge on any atom is -0.507 e. The van der Waals surface area contributed by atoms with Gasteiger partial charge >= 0.3 is 0 Å². The predicted molar refractivity (Wildman–Crippen MR) is 178 cm³/mol. The maximum Gasteiger partial charge on any atom is 0.196 e. The van der Waals surface area contributed by atoms with Gasteiger partial charge in [0.2, 0.25) is 0 Å². The van der Waals surface area contributed by atoms with Crippen LogP contribution in [0.1, 0.15) is 53.8 Å². The van der Waals surface area contributed by atoms with E-state index in [1.165, 1.54) is 47.1 Å². The Bertz CT molecular complexity index is 1640. The van der Waals surface area contributed by atoms with Crippen LogP contribution in [0.5, 0.6) is 11.5 Å². The SMILES string of the molecule is CN(C)CCC=C1c2ccccc2C=Cc2ccccc21.COc1cc(O)c2c(=O)cc(C)oc2c1CC=C(C)C.Cl. The monoisotopic (exact) mass is 585 g/mol. The molecule has 6 heteroatoms. The Morgan fingerprint density at radius 2 is 1.57 bits per heavy atom. The van der Waals surface area contributed by atoms with Crippen LogP contribution in [0.3, 0.4) is 0 Å². The first-order valence-electron chi connectivity index (χ1n) is 13.9. The van der Waals surface area contributed by atoms with Crippen LogP contribution in [0.15, 0.2) is 87.6 Å². The highest BCUT2D eigenvalue weighted by Crippen LogP contribution is 2.35. The number of nitrogens with zero attached hydrogens (tertiary/aromatic N) is 1. The van der Waals surface area contributed by atoms with E-state index in [9.17, 15) is 9.90 Å². The lowest BCUT2D eigenvalue weighted by atomic mass is 9.93. The Labute approximate surface area is 254 Å². The summed E-state index contributed by atoms with van der Waals surface area (Å²) in [6.07, 6.45) is 10.5. The van der Waals surface area contributed by atoms with E-state index in [2.05, 4.69) is 85.8 Å². The Morgan fingerprint density at radius 3 is 2.12 bits per heavy atom. The third-order valence-electron chi connectivity index (χ3n) is 6.97. The number of ether oxygens (including phenoxy) is 1. The molecule has 3 aromatic carbocycles. The summed E-state index contributed by atoms with van der Waals surface area (Å²) in [6.45, 7) is 6.77. The van der Waals surface area contributed by atoms with Crippen molar-refractivity contribution in [1.29, 1.82) is 0 Å². The van der Waals surface area contributed by atoms with Gasteiger partial charge < -0.3 is 19.2 Å². The van der Waals surface area contributed by atoms with Gasteiger partial charge in [-0.3, -0.25) is 4.79 Å². The van der Waals surface area contributed by atoms with Gasteiger partial charge in [-0.15, -0.1) is 12.4 Å². The summed E-state index contributed by atoms with van der Waals surface area (Å²) in [7, 11) is 5.77. The van der Waals surface area contributed by atoms with Crippen LogP contribution in [0, 0.1) is 6.92 Å². The van der Waals surface area contributed by atoms with Crippen molar-refractivity contribution in [3.63, 3.8) is 0 Å². The standard InChI is InChI=1S/C20H21N.C16H18O4.ClH/c1-21(2)15-7-12-20-18-10-5-3-8-16(18)13-14-17-9-4-6-11-19(17)20;1-9(2)5-6-11-14(19-4)8-13(18)15-12(17)7-10(3)20-16(11)15;/h3-6,8-14H,7,15H2,1-2H3;5,7-8,18H,6H2,1-4H3;1H. The molecule has 0 amide bonds. The molecule has 0 radical (unpaired) electrons. The minimum atomic E-state index is -0.248. The van der Waals surface area contributed by atoms with Gasteiger partial charge in [0.1, 0.15) is 28.2 Å². The smallest absolute Gasteiger partial charge is 0.196 e. The zero-order valence-corrected chi connectivity index (χ0v) is 26.0. The normalized spacial score (nSPS) is 11.5. The second-order valence-corrected chi connectivity index (χ2v) is 10.7. The highest BCUT2D eigenvalue weighted by atomic mass is 35.5. The molecule has 0 saturated carbocycles. The van der Waals surface area contributed by atoms with Crippen molar-refractivity contribution in [3.8, 4) is 11.5 Å². The molecule has 5 rings (SSSR count). The predicted octanol–water partition coefficient (Wildman–Crippen LogP) is 8.30. The molecule has 1 aliphatic rings. The molecule has 0 aliphatic heterocycles. The van der Waals surface area contributed by atoms with E-state index < -0.39 is 0 Å². The van der Waals surface area contributed by atoms with Crippen molar-refractivity contribution >= 4 is 41.1 Å². The van der Waals surface area contributed by atoms with Crippen LogP contribution in [0.25, 0.3) is 28.7 Å². The number of fused-ring (bicyclic) bond motifs is 3. The second kappa shape index (κ2) is 14.7. The Morgan fingerprint density at radius 1 is 0.976 bits per heavy atom. The minimum absolute atomic E-state index is 0. The van der Waals surface area contributed by atoms with Gasteiger partial charge in [0.05, 0.1) is 7.11 Å². The maximum atomic E-state index is 12.0. The molecule has 1 N–H and O–H groups in total. The first-order valence-corrected chi connectivity index (χ1v) is 13.9. The number of hydrogen-bond donors (Lipinski definition) is 1. The lowest BCUT2D eigenvalue weighted by molar-refractivity contribution is 0.403. The van der Waals surface area contributed by atoms with Gasteiger partial charge in [0, 0.05) is 24.2 Å². The summed E-state index contributed by atoms with van der Waals surface area (Å²) in [6, 6.07) is 20.1. The number of halogens is 1. The molecular formula is C36H40ClNO4. The van der Waals surface area contributed by atoms with E-state index in [0.717, 1.165) is 24.1 Å². The van der Waals surface area contributed by atoms with Crippen molar-refractivity contribution in [2.24, 2.45) is 0 Å². The Hall–Kier alpha value is -4.06. The number of rotatable bonds is 6. The summed E-state index contributed by atoms with van der Waals surface area (Å²) in [5, 5.41) is 10.2. The lowest BCUT2D eigenvalue weighted by Crippen LogP contribution is -2.12. The zero-order valence-electron chi connectivity index (χ0n) is 25.2. The van der Waals surface area contributed by atoms with Crippen molar-refractivity contribution in [3.05, 3.63) is 122 Å². The fourth-order valence-corrected chi connectivity index (χ4v) is 4.93. The third-order valence-corrected chi connectivity index (χ3v) is 6.97. The summed E-state index contributed by atoms with van der Waals surface area (Å²) in [4.78, 5) is 14.3. The Kier molecular flexibility index (Phi) is 11.4. The summed E-state index contributed by atoms with van der Waals surface area (Å²) < 4.78 is 11.0. The fourth-order valence-electron chi connectivity index (χ4n) is 4.93. The molecule has 0 unspecified atom stereocenters. The number of benzene rings is 3. The summed E-state index contributed by atoms with van der Waals surface area (Å²) in [5.74, 6) is 0.904. The van der Waals surface area contributed by atoms with Crippen molar-refractivity contribution < 1.29 is 14.3 Å². The first-order chi connectivity index (χ1) is 19.7. The van der Waals surface area contributed by atoms with Crippen molar-refractivity contribution in [2.45, 2.75) is 33.6 Å². The van der Waals surface area contributed by atoms with Gasteiger partial charge in [-0.1, -0.05) is 78.4 Å². The van der Waals surface area contributed by atoms with E-state index in [-0.39, 0.29) is 29.0 Å². The van der Waals surface area contributed by atoms with Crippen LogP contribution >= 0.6 is 12.4 Å². The molecule has 0 saturated heterocycles. The maximum absolute atomic E-state index is 12.0. The van der Waals surface area contributed by atoms with Gasteiger partial charge in [-0.25, -0.2) is 0 Å². The molecule has 0 fully saturated rings. The fraction of sp³-hybridized carbons (Fsp3) is 0.250.